The third-order valence-electron chi connectivity index (χ3n) is 2.81. The Balaban J connectivity index is 2.21. The fourth-order valence-electron chi connectivity index (χ4n) is 1.81. The van der Waals surface area contributed by atoms with Crippen molar-refractivity contribution in [3.63, 3.8) is 0 Å². The summed E-state index contributed by atoms with van der Waals surface area (Å²) in [5.74, 6) is -0.481. The molecule has 0 saturated carbocycles. The van der Waals surface area contributed by atoms with Crippen molar-refractivity contribution in [1.29, 1.82) is 0 Å². The van der Waals surface area contributed by atoms with Gasteiger partial charge in [0.1, 0.15) is 5.82 Å². The van der Waals surface area contributed by atoms with E-state index >= 15 is 0 Å². The number of halogens is 1. The summed E-state index contributed by atoms with van der Waals surface area (Å²) in [5, 5.41) is 11.8. The summed E-state index contributed by atoms with van der Waals surface area (Å²) in [7, 11) is 0. The lowest BCUT2D eigenvalue weighted by molar-refractivity contribution is 0.0928. The molecule has 0 aliphatic heterocycles. The molecule has 1 unspecified atom stereocenters. The molecule has 2 aromatic rings. The lowest BCUT2D eigenvalue weighted by Crippen LogP contribution is -2.29. The fraction of sp³-hybridized carbons (Fsp3) is 0.267. The van der Waals surface area contributed by atoms with E-state index in [0.717, 1.165) is 16.0 Å². The van der Waals surface area contributed by atoms with Crippen LogP contribution in [0.2, 0.25) is 0 Å². The van der Waals surface area contributed by atoms with Gasteiger partial charge < -0.3 is 10.4 Å². The minimum atomic E-state index is -0.573. The highest BCUT2D eigenvalue weighted by molar-refractivity contribution is 7.17. The quantitative estimate of drug-likeness (QED) is 0.910. The molecular weight excluding hydrogens is 277 g/mol. The first-order valence-corrected chi connectivity index (χ1v) is 7.11. The van der Waals surface area contributed by atoms with E-state index in [9.17, 15) is 9.18 Å². The van der Waals surface area contributed by atoms with Crippen molar-refractivity contribution in [1.82, 2.24) is 5.32 Å². The Morgan fingerprint density at radius 1 is 1.40 bits per heavy atom. The lowest BCUT2D eigenvalue weighted by Gasteiger charge is -2.05. The third kappa shape index (κ3) is 3.43. The van der Waals surface area contributed by atoms with Crippen LogP contribution in [-0.2, 0) is 0 Å². The maximum Gasteiger partial charge on any atom is 0.261 e. The summed E-state index contributed by atoms with van der Waals surface area (Å²) >= 11 is 1.36. The summed E-state index contributed by atoms with van der Waals surface area (Å²) in [4.78, 5) is 13.5. The van der Waals surface area contributed by atoms with Crippen LogP contribution in [0.5, 0.6) is 0 Å². The Kier molecular flexibility index (Phi) is 4.52. The van der Waals surface area contributed by atoms with E-state index in [0.29, 0.717) is 4.88 Å². The Hall–Kier alpha value is -1.72. The van der Waals surface area contributed by atoms with Crippen LogP contribution in [0.25, 0.3) is 10.4 Å². The molecule has 0 spiro atoms. The SMILES string of the molecule is Cc1cc(C(=O)NCC(C)O)sc1-c1ccc(F)cc1. The number of aliphatic hydroxyl groups is 1. The number of aliphatic hydroxyl groups excluding tert-OH is 1. The van der Waals surface area contributed by atoms with Crippen LogP contribution >= 0.6 is 11.3 Å². The average Bonchev–Trinajstić information content (AvgIpc) is 2.79. The smallest absolute Gasteiger partial charge is 0.261 e. The monoisotopic (exact) mass is 293 g/mol. The van der Waals surface area contributed by atoms with E-state index in [1.54, 1.807) is 25.1 Å². The number of hydrogen-bond donors (Lipinski definition) is 2. The predicted octanol–water partition coefficient (Wildman–Crippen LogP) is 2.97. The predicted molar refractivity (Wildman–Crippen MR) is 78.5 cm³/mol. The van der Waals surface area contributed by atoms with Gasteiger partial charge in [-0.2, -0.15) is 0 Å². The van der Waals surface area contributed by atoms with Crippen LogP contribution in [0.3, 0.4) is 0 Å². The van der Waals surface area contributed by atoms with Crippen molar-refractivity contribution in [3.05, 3.63) is 46.6 Å². The number of aryl methyl sites for hydroxylation is 1. The fourth-order valence-corrected chi connectivity index (χ4v) is 2.90. The zero-order valence-corrected chi connectivity index (χ0v) is 12.1. The highest BCUT2D eigenvalue weighted by Gasteiger charge is 2.14. The standard InChI is InChI=1S/C15H16FNO2S/c1-9-7-13(15(19)17-8-10(2)18)20-14(9)11-3-5-12(16)6-4-11/h3-7,10,18H,8H2,1-2H3,(H,17,19). The summed E-state index contributed by atoms with van der Waals surface area (Å²) in [6.07, 6.45) is -0.573. The van der Waals surface area contributed by atoms with Gasteiger partial charge in [0, 0.05) is 11.4 Å². The van der Waals surface area contributed by atoms with Crippen molar-refractivity contribution in [3.8, 4) is 10.4 Å². The molecule has 2 N–H and O–H groups in total. The highest BCUT2D eigenvalue weighted by atomic mass is 32.1. The Morgan fingerprint density at radius 3 is 2.65 bits per heavy atom. The number of carbonyl (C=O) groups is 1. The van der Waals surface area contributed by atoms with Crippen LogP contribution in [0.1, 0.15) is 22.2 Å². The molecule has 1 heterocycles. The molecule has 20 heavy (non-hydrogen) atoms. The number of thiophene rings is 1. The molecular formula is C15H16FNO2S. The molecule has 1 amide bonds. The van der Waals surface area contributed by atoms with E-state index in [2.05, 4.69) is 5.32 Å². The van der Waals surface area contributed by atoms with Gasteiger partial charge >= 0.3 is 0 Å². The van der Waals surface area contributed by atoms with Gasteiger partial charge in [-0.25, -0.2) is 4.39 Å². The molecule has 5 heteroatoms. The van der Waals surface area contributed by atoms with Crippen LogP contribution in [0, 0.1) is 12.7 Å². The molecule has 0 aliphatic rings. The highest BCUT2D eigenvalue weighted by Crippen LogP contribution is 2.32. The summed E-state index contributed by atoms with van der Waals surface area (Å²) in [6, 6.07) is 8.02. The molecule has 0 radical (unpaired) electrons. The van der Waals surface area contributed by atoms with Crippen molar-refractivity contribution in [2.24, 2.45) is 0 Å². The largest absolute Gasteiger partial charge is 0.392 e. The van der Waals surface area contributed by atoms with Crippen molar-refractivity contribution in [2.75, 3.05) is 6.54 Å². The second-order valence-corrected chi connectivity index (χ2v) is 5.74. The number of nitrogens with one attached hydrogen (secondary N) is 1. The van der Waals surface area contributed by atoms with Gasteiger partial charge in [0.2, 0.25) is 0 Å². The summed E-state index contributed by atoms with van der Waals surface area (Å²) in [5.41, 5.74) is 1.87. The normalized spacial score (nSPS) is 12.2. The number of benzene rings is 1. The van der Waals surface area contributed by atoms with Gasteiger partial charge in [-0.15, -0.1) is 11.3 Å². The zero-order chi connectivity index (χ0) is 14.7. The minimum Gasteiger partial charge on any atom is -0.392 e. The molecule has 0 bridgehead atoms. The van der Waals surface area contributed by atoms with E-state index in [1.807, 2.05) is 6.92 Å². The number of carbonyl (C=O) groups excluding carboxylic acids is 1. The van der Waals surface area contributed by atoms with Gasteiger partial charge in [-0.1, -0.05) is 12.1 Å². The minimum absolute atomic E-state index is 0.202. The molecule has 1 aromatic carbocycles. The molecule has 2 rings (SSSR count). The second-order valence-electron chi connectivity index (χ2n) is 4.69. The Morgan fingerprint density at radius 2 is 2.05 bits per heavy atom. The van der Waals surface area contributed by atoms with E-state index in [-0.39, 0.29) is 18.3 Å². The van der Waals surface area contributed by atoms with Gasteiger partial charge in [-0.3, -0.25) is 4.79 Å². The zero-order valence-electron chi connectivity index (χ0n) is 11.3. The van der Waals surface area contributed by atoms with Crippen LogP contribution < -0.4 is 5.32 Å². The first-order valence-electron chi connectivity index (χ1n) is 6.30. The maximum atomic E-state index is 12.9. The molecule has 0 fully saturated rings. The van der Waals surface area contributed by atoms with E-state index in [4.69, 9.17) is 5.11 Å². The molecule has 1 atom stereocenters. The van der Waals surface area contributed by atoms with Crippen molar-refractivity contribution < 1.29 is 14.3 Å². The third-order valence-corrected chi connectivity index (χ3v) is 4.09. The van der Waals surface area contributed by atoms with Gasteiger partial charge in [0.25, 0.3) is 5.91 Å². The van der Waals surface area contributed by atoms with Gasteiger partial charge in [0.05, 0.1) is 11.0 Å². The van der Waals surface area contributed by atoms with Crippen molar-refractivity contribution >= 4 is 17.2 Å². The molecule has 1 aromatic heterocycles. The van der Waals surface area contributed by atoms with Gasteiger partial charge in [0.15, 0.2) is 0 Å². The number of hydrogen-bond acceptors (Lipinski definition) is 3. The molecule has 0 aliphatic carbocycles. The van der Waals surface area contributed by atoms with Crippen LogP contribution in [0.15, 0.2) is 30.3 Å². The van der Waals surface area contributed by atoms with Crippen LogP contribution in [-0.4, -0.2) is 23.7 Å². The van der Waals surface area contributed by atoms with E-state index in [1.165, 1.54) is 23.5 Å². The van der Waals surface area contributed by atoms with E-state index < -0.39 is 6.10 Å². The summed E-state index contributed by atoms with van der Waals surface area (Å²) < 4.78 is 12.9. The Bertz CT molecular complexity index is 605. The molecule has 0 saturated heterocycles. The van der Waals surface area contributed by atoms with Crippen LogP contribution in [0.4, 0.5) is 4.39 Å². The topological polar surface area (TPSA) is 49.3 Å². The molecule has 106 valence electrons. The first-order chi connectivity index (χ1) is 9.47. The molecule has 3 nitrogen and oxygen atoms in total. The van der Waals surface area contributed by atoms with Gasteiger partial charge in [-0.05, 0) is 43.2 Å². The number of rotatable bonds is 4. The average molecular weight is 293 g/mol. The Labute approximate surface area is 121 Å². The first kappa shape index (κ1) is 14.7. The lowest BCUT2D eigenvalue weighted by atomic mass is 10.1. The maximum absolute atomic E-state index is 12.9. The number of amides is 1. The summed E-state index contributed by atoms with van der Waals surface area (Å²) in [6.45, 7) is 3.76. The van der Waals surface area contributed by atoms with Crippen molar-refractivity contribution in [2.45, 2.75) is 20.0 Å². The second kappa shape index (κ2) is 6.15.